The van der Waals surface area contributed by atoms with Gasteiger partial charge in [-0.2, -0.15) is 0 Å². The summed E-state index contributed by atoms with van der Waals surface area (Å²) >= 11 is 0. The molecule has 5 heteroatoms. The summed E-state index contributed by atoms with van der Waals surface area (Å²) in [6.07, 6.45) is 11.8. The zero-order chi connectivity index (χ0) is 21.8. The minimum atomic E-state index is -0.314. The van der Waals surface area contributed by atoms with Gasteiger partial charge in [-0.05, 0) is 95.8 Å². The van der Waals surface area contributed by atoms with Crippen LogP contribution in [0.5, 0.6) is 0 Å². The molecule has 0 unspecified atom stereocenters. The van der Waals surface area contributed by atoms with Crippen molar-refractivity contribution in [2.45, 2.75) is 83.3 Å². The van der Waals surface area contributed by atoms with E-state index in [1.54, 1.807) is 12.1 Å². The Bertz CT molecular complexity index is 600. The summed E-state index contributed by atoms with van der Waals surface area (Å²) in [6, 6.07) is 6.05. The largest absolute Gasteiger partial charge is 0.378 e. The topological polar surface area (TPSA) is 32.8 Å². The van der Waals surface area contributed by atoms with E-state index in [-0.39, 0.29) is 17.8 Å². The molecule has 170 valence electrons. The maximum absolute atomic E-state index is 13.1. The molecule has 0 bridgehead atoms. The molecule has 0 atom stereocenters. The molecule has 1 aliphatic rings. The van der Waals surface area contributed by atoms with E-state index < -0.39 is 0 Å². The lowest BCUT2D eigenvalue weighted by atomic mass is 9.91. The number of benzene rings is 1. The second-order valence-electron chi connectivity index (χ2n) is 8.80. The Balaban J connectivity index is 1.55. The van der Waals surface area contributed by atoms with Gasteiger partial charge in [-0.1, -0.05) is 19.8 Å². The van der Waals surface area contributed by atoms with E-state index in [9.17, 15) is 9.18 Å². The van der Waals surface area contributed by atoms with Crippen molar-refractivity contribution in [3.8, 4) is 0 Å². The fourth-order valence-corrected chi connectivity index (χ4v) is 4.22. The number of halogens is 1. The highest BCUT2D eigenvalue weighted by Crippen LogP contribution is 2.25. The number of carbonyl (C=O) groups is 1. The SMILES string of the molecule is CCCCCN(C)CCCCCOC1CCC(N(C)C(=O)c2ccc(F)cc2)CC1. The average Bonchev–Trinajstić information content (AvgIpc) is 2.76. The number of hydrogen-bond donors (Lipinski definition) is 0. The molecule has 4 nitrogen and oxygen atoms in total. The summed E-state index contributed by atoms with van der Waals surface area (Å²) in [5, 5.41) is 0. The van der Waals surface area contributed by atoms with Gasteiger partial charge < -0.3 is 14.5 Å². The summed E-state index contributed by atoms with van der Waals surface area (Å²) in [4.78, 5) is 16.9. The maximum atomic E-state index is 13.1. The van der Waals surface area contributed by atoms with Crippen LogP contribution in [0.2, 0.25) is 0 Å². The van der Waals surface area contributed by atoms with Crippen LogP contribution in [-0.2, 0) is 4.74 Å². The van der Waals surface area contributed by atoms with Crippen LogP contribution in [0.3, 0.4) is 0 Å². The average molecular weight is 421 g/mol. The Morgan fingerprint density at radius 3 is 2.23 bits per heavy atom. The first-order valence-corrected chi connectivity index (χ1v) is 11.8. The summed E-state index contributed by atoms with van der Waals surface area (Å²) < 4.78 is 19.2. The van der Waals surface area contributed by atoms with Gasteiger partial charge >= 0.3 is 0 Å². The van der Waals surface area contributed by atoms with Gasteiger partial charge in [0.1, 0.15) is 5.82 Å². The third kappa shape index (κ3) is 8.73. The van der Waals surface area contributed by atoms with Gasteiger partial charge in [0.15, 0.2) is 0 Å². The normalized spacial score (nSPS) is 19.2. The molecule has 1 aromatic carbocycles. The standard InChI is InChI=1S/C25H41FN2O2/c1-4-5-7-18-27(2)19-8-6-9-20-30-24-16-14-23(15-17-24)28(3)25(29)21-10-12-22(26)13-11-21/h10-13,23-24H,4-9,14-20H2,1-3H3. The first-order valence-electron chi connectivity index (χ1n) is 11.8. The van der Waals surface area contributed by atoms with E-state index in [1.165, 1.54) is 57.3 Å². The van der Waals surface area contributed by atoms with E-state index >= 15 is 0 Å². The fraction of sp³-hybridized carbons (Fsp3) is 0.720. The summed E-state index contributed by atoms with van der Waals surface area (Å²) in [5.41, 5.74) is 0.549. The van der Waals surface area contributed by atoms with Gasteiger partial charge in [-0.3, -0.25) is 4.79 Å². The molecule has 0 heterocycles. The van der Waals surface area contributed by atoms with E-state index in [1.807, 2.05) is 11.9 Å². The van der Waals surface area contributed by atoms with Crippen LogP contribution in [0.4, 0.5) is 4.39 Å². The quantitative estimate of drug-likeness (QED) is 0.394. The number of rotatable bonds is 13. The minimum absolute atomic E-state index is 0.0287. The lowest BCUT2D eigenvalue weighted by Gasteiger charge is -2.34. The molecule has 0 aromatic heterocycles. The highest BCUT2D eigenvalue weighted by molar-refractivity contribution is 5.94. The van der Waals surface area contributed by atoms with Crippen molar-refractivity contribution >= 4 is 5.91 Å². The Labute approximate surface area is 182 Å². The first kappa shape index (κ1) is 24.8. The van der Waals surface area contributed by atoms with Crippen LogP contribution in [0, 0.1) is 5.82 Å². The number of ether oxygens (including phenoxy) is 1. The zero-order valence-corrected chi connectivity index (χ0v) is 19.2. The van der Waals surface area contributed by atoms with E-state index in [4.69, 9.17) is 4.74 Å². The van der Waals surface area contributed by atoms with Crippen LogP contribution < -0.4 is 0 Å². The molecule has 1 aromatic rings. The molecule has 0 radical (unpaired) electrons. The van der Waals surface area contributed by atoms with Crippen molar-refractivity contribution in [1.29, 1.82) is 0 Å². The predicted octanol–water partition coefficient (Wildman–Crippen LogP) is 5.52. The second-order valence-corrected chi connectivity index (χ2v) is 8.80. The van der Waals surface area contributed by atoms with Crippen molar-refractivity contribution in [2.75, 3.05) is 33.8 Å². The number of hydrogen-bond acceptors (Lipinski definition) is 3. The van der Waals surface area contributed by atoms with Crippen molar-refractivity contribution in [3.63, 3.8) is 0 Å². The molecule has 1 fully saturated rings. The van der Waals surface area contributed by atoms with Crippen LogP contribution >= 0.6 is 0 Å². The van der Waals surface area contributed by atoms with Crippen molar-refractivity contribution < 1.29 is 13.9 Å². The number of unbranched alkanes of at least 4 members (excludes halogenated alkanes) is 4. The van der Waals surface area contributed by atoms with Crippen molar-refractivity contribution in [1.82, 2.24) is 9.80 Å². The fourth-order valence-electron chi connectivity index (χ4n) is 4.22. The van der Waals surface area contributed by atoms with E-state index in [0.29, 0.717) is 11.7 Å². The molecule has 2 rings (SSSR count). The monoisotopic (exact) mass is 420 g/mol. The molecule has 0 aliphatic heterocycles. The molecule has 0 spiro atoms. The molecule has 0 N–H and O–H groups in total. The Morgan fingerprint density at radius 1 is 0.967 bits per heavy atom. The lowest BCUT2D eigenvalue weighted by Crippen LogP contribution is -2.40. The summed E-state index contributed by atoms with van der Waals surface area (Å²) in [7, 11) is 4.08. The summed E-state index contributed by atoms with van der Waals surface area (Å²) in [6.45, 7) is 5.49. The highest BCUT2D eigenvalue weighted by Gasteiger charge is 2.27. The maximum Gasteiger partial charge on any atom is 0.253 e. The number of carbonyl (C=O) groups excluding carboxylic acids is 1. The molecule has 1 aliphatic carbocycles. The highest BCUT2D eigenvalue weighted by atomic mass is 19.1. The summed E-state index contributed by atoms with van der Waals surface area (Å²) in [5.74, 6) is -0.343. The molecule has 1 amide bonds. The lowest BCUT2D eigenvalue weighted by molar-refractivity contribution is 0.00901. The Hall–Kier alpha value is -1.46. The van der Waals surface area contributed by atoms with Crippen LogP contribution in [-0.4, -0.2) is 61.6 Å². The number of amides is 1. The van der Waals surface area contributed by atoms with Gasteiger partial charge in [0.2, 0.25) is 0 Å². The van der Waals surface area contributed by atoms with Crippen molar-refractivity contribution in [2.24, 2.45) is 0 Å². The Kier molecular flexibility index (Phi) is 11.4. The van der Waals surface area contributed by atoms with Crippen LogP contribution in [0.1, 0.15) is 81.5 Å². The van der Waals surface area contributed by atoms with E-state index in [0.717, 1.165) is 38.7 Å². The van der Waals surface area contributed by atoms with Gasteiger partial charge in [-0.15, -0.1) is 0 Å². The van der Waals surface area contributed by atoms with Gasteiger partial charge in [0.25, 0.3) is 5.91 Å². The smallest absolute Gasteiger partial charge is 0.253 e. The first-order chi connectivity index (χ1) is 14.5. The molecular formula is C25H41FN2O2. The predicted molar refractivity (Wildman–Crippen MR) is 121 cm³/mol. The zero-order valence-electron chi connectivity index (χ0n) is 19.2. The third-order valence-corrected chi connectivity index (χ3v) is 6.28. The third-order valence-electron chi connectivity index (χ3n) is 6.28. The van der Waals surface area contributed by atoms with Gasteiger partial charge in [-0.25, -0.2) is 4.39 Å². The van der Waals surface area contributed by atoms with Crippen LogP contribution in [0.15, 0.2) is 24.3 Å². The minimum Gasteiger partial charge on any atom is -0.378 e. The molecule has 1 saturated carbocycles. The Morgan fingerprint density at radius 2 is 1.60 bits per heavy atom. The van der Waals surface area contributed by atoms with Crippen LogP contribution in [0.25, 0.3) is 0 Å². The molecule has 0 saturated heterocycles. The van der Waals surface area contributed by atoms with Gasteiger partial charge in [0.05, 0.1) is 6.10 Å². The number of nitrogens with zero attached hydrogens (tertiary/aromatic N) is 2. The van der Waals surface area contributed by atoms with Crippen molar-refractivity contribution in [3.05, 3.63) is 35.6 Å². The van der Waals surface area contributed by atoms with E-state index in [2.05, 4.69) is 18.9 Å². The second kappa shape index (κ2) is 13.8. The molecule has 30 heavy (non-hydrogen) atoms. The molecular weight excluding hydrogens is 379 g/mol. The van der Waals surface area contributed by atoms with Gasteiger partial charge in [0, 0.05) is 25.3 Å².